The van der Waals surface area contributed by atoms with E-state index in [-0.39, 0.29) is 24.5 Å². The third-order valence-electron chi connectivity index (χ3n) is 3.04. The van der Waals surface area contributed by atoms with Crippen molar-refractivity contribution >= 4 is 5.91 Å². The van der Waals surface area contributed by atoms with Crippen LogP contribution in [0.15, 0.2) is 0 Å². The third kappa shape index (κ3) is 2.90. The Balaban J connectivity index is 2.29. The van der Waals surface area contributed by atoms with E-state index in [0.29, 0.717) is 6.54 Å². The Hall–Kier alpha value is -0.650. The Bertz CT molecular complexity index is 211. The third-order valence-corrected chi connectivity index (χ3v) is 3.04. The molecule has 1 unspecified atom stereocenters. The molecule has 15 heavy (non-hydrogen) atoms. The number of aliphatic hydroxyl groups is 1. The quantitative estimate of drug-likeness (QED) is 0.545. The fraction of sp³-hybridized carbons (Fsp3) is 0.900. The number of ether oxygens (including phenoxy) is 1. The van der Waals surface area contributed by atoms with E-state index < -0.39 is 6.10 Å². The van der Waals surface area contributed by atoms with Crippen molar-refractivity contribution in [3.05, 3.63) is 0 Å². The van der Waals surface area contributed by atoms with Crippen LogP contribution in [0.5, 0.6) is 0 Å². The molecule has 0 aromatic rings. The molecule has 0 aromatic heterocycles. The maximum absolute atomic E-state index is 11.7. The van der Waals surface area contributed by atoms with Crippen LogP contribution in [0.25, 0.3) is 0 Å². The average molecular weight is 216 g/mol. The molecule has 0 bridgehead atoms. The predicted molar refractivity (Wildman–Crippen MR) is 56.2 cm³/mol. The van der Waals surface area contributed by atoms with Gasteiger partial charge in [-0.15, -0.1) is 0 Å². The number of carbonyl (C=O) groups is 1. The average Bonchev–Trinajstić information content (AvgIpc) is 2.14. The molecule has 0 spiro atoms. The Labute approximate surface area is 90.0 Å². The number of hydrogen-bond acceptors (Lipinski definition) is 4. The van der Waals surface area contributed by atoms with E-state index in [9.17, 15) is 9.90 Å². The van der Waals surface area contributed by atoms with Gasteiger partial charge in [-0.3, -0.25) is 4.79 Å². The van der Waals surface area contributed by atoms with Gasteiger partial charge in [-0.25, -0.2) is 0 Å². The van der Waals surface area contributed by atoms with Crippen molar-refractivity contribution < 1.29 is 14.6 Å². The lowest BCUT2D eigenvalue weighted by Crippen LogP contribution is -2.51. The van der Waals surface area contributed by atoms with Crippen molar-refractivity contribution in [3.63, 3.8) is 0 Å². The molecule has 1 aliphatic carbocycles. The summed E-state index contributed by atoms with van der Waals surface area (Å²) < 4.78 is 4.76. The highest BCUT2D eigenvalue weighted by atomic mass is 16.5. The summed E-state index contributed by atoms with van der Waals surface area (Å²) in [4.78, 5) is 11.7. The number of nitrogens with one attached hydrogen (secondary N) is 1. The van der Waals surface area contributed by atoms with Crippen molar-refractivity contribution in [2.45, 2.75) is 25.4 Å². The van der Waals surface area contributed by atoms with E-state index in [1.807, 2.05) is 0 Å². The molecule has 1 atom stereocenters. The maximum Gasteiger partial charge on any atom is 0.227 e. The fourth-order valence-corrected chi connectivity index (χ4v) is 1.78. The Morgan fingerprint density at radius 3 is 2.73 bits per heavy atom. The van der Waals surface area contributed by atoms with Gasteiger partial charge in [0.1, 0.15) is 0 Å². The highest BCUT2D eigenvalue weighted by Gasteiger charge is 2.42. The Morgan fingerprint density at radius 2 is 2.33 bits per heavy atom. The molecule has 5 nitrogen and oxygen atoms in total. The molecule has 0 aliphatic heterocycles. The summed E-state index contributed by atoms with van der Waals surface area (Å²) in [5.74, 6) is -0.0357. The first-order valence-electron chi connectivity index (χ1n) is 5.30. The molecule has 1 fully saturated rings. The first-order valence-corrected chi connectivity index (χ1v) is 5.30. The van der Waals surface area contributed by atoms with Gasteiger partial charge in [-0.1, -0.05) is 6.42 Å². The summed E-state index contributed by atoms with van der Waals surface area (Å²) in [6, 6.07) is 0. The van der Waals surface area contributed by atoms with E-state index in [0.717, 1.165) is 19.3 Å². The number of carbonyl (C=O) groups excluding carboxylic acids is 1. The summed E-state index contributed by atoms with van der Waals surface area (Å²) in [5, 5.41) is 12.1. The highest BCUT2D eigenvalue weighted by molar-refractivity contribution is 5.83. The van der Waals surface area contributed by atoms with Crippen LogP contribution in [0.3, 0.4) is 0 Å². The minimum absolute atomic E-state index is 0.0357. The number of rotatable bonds is 6. The lowest BCUT2D eigenvalue weighted by molar-refractivity contribution is -0.135. The van der Waals surface area contributed by atoms with Crippen molar-refractivity contribution in [3.8, 4) is 0 Å². The van der Waals surface area contributed by atoms with Gasteiger partial charge in [0.05, 0.1) is 18.1 Å². The molecule has 1 aliphatic rings. The van der Waals surface area contributed by atoms with Crippen molar-refractivity contribution in [1.29, 1.82) is 0 Å². The second-order valence-corrected chi connectivity index (χ2v) is 4.16. The zero-order chi connectivity index (χ0) is 11.3. The van der Waals surface area contributed by atoms with E-state index in [4.69, 9.17) is 10.5 Å². The summed E-state index contributed by atoms with van der Waals surface area (Å²) >= 11 is 0. The van der Waals surface area contributed by atoms with Gasteiger partial charge < -0.3 is 20.9 Å². The number of hydrogen-bond donors (Lipinski definition) is 3. The minimum atomic E-state index is -0.645. The van der Waals surface area contributed by atoms with Gasteiger partial charge in [-0.05, 0) is 12.8 Å². The normalized spacial score (nSPS) is 20.5. The molecule has 88 valence electrons. The molecular weight excluding hydrogens is 196 g/mol. The summed E-state index contributed by atoms with van der Waals surface area (Å²) in [5.41, 5.74) is 5.22. The van der Waals surface area contributed by atoms with E-state index in [2.05, 4.69) is 5.32 Å². The first-order chi connectivity index (χ1) is 7.14. The van der Waals surface area contributed by atoms with Crippen molar-refractivity contribution in [1.82, 2.24) is 5.32 Å². The van der Waals surface area contributed by atoms with Gasteiger partial charge in [0.15, 0.2) is 0 Å². The standard InChI is InChI=1S/C10H20N2O3/c1-15-6-8(13)5-12-9(14)10(7-11)3-2-4-10/h8,13H,2-7,11H2,1H3,(H,12,14). The van der Waals surface area contributed by atoms with E-state index >= 15 is 0 Å². The summed E-state index contributed by atoms with van der Waals surface area (Å²) in [7, 11) is 1.51. The molecule has 4 N–H and O–H groups in total. The van der Waals surface area contributed by atoms with Gasteiger partial charge >= 0.3 is 0 Å². The molecule has 0 heterocycles. The van der Waals surface area contributed by atoms with E-state index in [1.54, 1.807) is 0 Å². The Kier molecular flexibility index (Phi) is 4.50. The van der Waals surface area contributed by atoms with Crippen LogP contribution < -0.4 is 11.1 Å². The largest absolute Gasteiger partial charge is 0.389 e. The first kappa shape index (κ1) is 12.4. The van der Waals surface area contributed by atoms with E-state index in [1.165, 1.54) is 7.11 Å². The van der Waals surface area contributed by atoms with Gasteiger partial charge in [0.25, 0.3) is 0 Å². The lowest BCUT2D eigenvalue weighted by atomic mass is 9.68. The molecule has 5 heteroatoms. The van der Waals surface area contributed by atoms with Crippen LogP contribution in [0, 0.1) is 5.41 Å². The predicted octanol–water partition coefficient (Wildman–Crippen LogP) is -0.761. The molecule has 1 rings (SSSR count). The molecule has 1 amide bonds. The van der Waals surface area contributed by atoms with Gasteiger partial charge in [0, 0.05) is 20.2 Å². The van der Waals surface area contributed by atoms with Gasteiger partial charge in [-0.2, -0.15) is 0 Å². The summed E-state index contributed by atoms with van der Waals surface area (Å²) in [6.07, 6.45) is 2.13. The smallest absolute Gasteiger partial charge is 0.227 e. The second kappa shape index (κ2) is 5.44. The SMILES string of the molecule is COCC(O)CNC(=O)C1(CN)CCC1. The number of aliphatic hydroxyl groups excluding tert-OH is 1. The number of amides is 1. The van der Waals surface area contributed by atoms with Crippen molar-refractivity contribution in [2.75, 3.05) is 26.8 Å². The van der Waals surface area contributed by atoms with Crippen LogP contribution >= 0.6 is 0 Å². The summed E-state index contributed by atoms with van der Waals surface area (Å²) in [6.45, 7) is 0.851. The van der Waals surface area contributed by atoms with Gasteiger partial charge in [0.2, 0.25) is 5.91 Å². The van der Waals surface area contributed by atoms with Crippen LogP contribution in [0.4, 0.5) is 0 Å². The van der Waals surface area contributed by atoms with Crippen molar-refractivity contribution in [2.24, 2.45) is 11.1 Å². The number of methoxy groups -OCH3 is 1. The highest BCUT2D eigenvalue weighted by Crippen LogP contribution is 2.39. The molecular formula is C10H20N2O3. The Morgan fingerprint density at radius 1 is 1.67 bits per heavy atom. The monoisotopic (exact) mass is 216 g/mol. The van der Waals surface area contributed by atoms with Crippen LogP contribution in [0.1, 0.15) is 19.3 Å². The molecule has 1 saturated carbocycles. The zero-order valence-corrected chi connectivity index (χ0v) is 9.16. The second-order valence-electron chi connectivity index (χ2n) is 4.16. The number of nitrogens with two attached hydrogens (primary N) is 1. The zero-order valence-electron chi connectivity index (χ0n) is 9.16. The molecule has 0 saturated heterocycles. The topological polar surface area (TPSA) is 84.6 Å². The lowest BCUT2D eigenvalue weighted by Gasteiger charge is -2.39. The van der Waals surface area contributed by atoms with Crippen LogP contribution in [0.2, 0.25) is 0 Å². The minimum Gasteiger partial charge on any atom is -0.389 e. The van der Waals surface area contributed by atoms with Crippen LogP contribution in [-0.4, -0.2) is 43.9 Å². The molecule has 0 aromatic carbocycles. The van der Waals surface area contributed by atoms with Crippen LogP contribution in [-0.2, 0) is 9.53 Å². The molecule has 0 radical (unpaired) electrons. The fourth-order valence-electron chi connectivity index (χ4n) is 1.78. The maximum atomic E-state index is 11.7.